The topological polar surface area (TPSA) is 109 Å². The van der Waals surface area contributed by atoms with Gasteiger partial charge in [-0.1, -0.05) is 0 Å². The Kier molecular flexibility index (Phi) is 8.53. The number of nitrogens with one attached hydrogen (secondary N) is 1. The Bertz CT molecular complexity index is 1100. The molecule has 0 aliphatic heterocycles. The van der Waals surface area contributed by atoms with Gasteiger partial charge in [-0.3, -0.25) is 4.79 Å². The van der Waals surface area contributed by atoms with Crippen LogP contribution in [0.15, 0.2) is 18.2 Å². The van der Waals surface area contributed by atoms with Crippen LogP contribution in [0.4, 0.5) is 5.00 Å². The van der Waals surface area contributed by atoms with Gasteiger partial charge in [-0.05, 0) is 43.9 Å². The van der Waals surface area contributed by atoms with E-state index in [0.29, 0.717) is 33.4 Å². The van der Waals surface area contributed by atoms with Crippen molar-refractivity contribution in [3.8, 4) is 17.2 Å². The van der Waals surface area contributed by atoms with Gasteiger partial charge < -0.3 is 29.0 Å². The Morgan fingerprint density at radius 2 is 1.71 bits per heavy atom. The van der Waals surface area contributed by atoms with Gasteiger partial charge in [0.15, 0.2) is 18.1 Å². The number of thiophene rings is 1. The number of hydrogen-bond acceptors (Lipinski definition) is 9. The summed E-state index contributed by atoms with van der Waals surface area (Å²) in [5.41, 5.74) is 1.90. The molecule has 182 valence electrons. The fraction of sp³-hybridized carbons (Fsp3) is 0.375. The molecule has 0 unspecified atom stereocenters. The second kappa shape index (κ2) is 11.6. The number of ether oxygens (including phenoxy) is 5. The highest BCUT2D eigenvalue weighted by atomic mass is 32.1. The molecule has 1 aliphatic rings. The fourth-order valence-corrected chi connectivity index (χ4v) is 4.89. The molecule has 0 atom stereocenters. The molecular weight excluding hydrogens is 462 g/mol. The van der Waals surface area contributed by atoms with E-state index in [4.69, 9.17) is 23.7 Å². The highest BCUT2D eigenvalue weighted by molar-refractivity contribution is 7.17. The van der Waals surface area contributed by atoms with E-state index in [1.165, 1.54) is 44.8 Å². The van der Waals surface area contributed by atoms with E-state index >= 15 is 0 Å². The highest BCUT2D eigenvalue weighted by Gasteiger charge is 2.28. The molecule has 3 rings (SSSR count). The molecule has 2 aromatic rings. The van der Waals surface area contributed by atoms with Crippen molar-refractivity contribution in [3.63, 3.8) is 0 Å². The number of amides is 1. The molecule has 1 heterocycles. The molecule has 1 aliphatic carbocycles. The van der Waals surface area contributed by atoms with Crippen LogP contribution in [0.1, 0.15) is 39.7 Å². The quantitative estimate of drug-likeness (QED) is 0.398. The fourth-order valence-electron chi connectivity index (χ4n) is 3.60. The zero-order chi connectivity index (χ0) is 24.7. The number of rotatable bonds is 10. The number of benzene rings is 1. The number of methoxy groups -OCH3 is 3. The van der Waals surface area contributed by atoms with Gasteiger partial charge >= 0.3 is 11.9 Å². The monoisotopic (exact) mass is 489 g/mol. The summed E-state index contributed by atoms with van der Waals surface area (Å²) in [7, 11) is 4.50. The summed E-state index contributed by atoms with van der Waals surface area (Å²) >= 11 is 1.36. The molecule has 10 heteroatoms. The number of hydrogen-bond donors (Lipinski definition) is 1. The lowest BCUT2D eigenvalue weighted by atomic mass is 10.1. The van der Waals surface area contributed by atoms with Gasteiger partial charge in [0.05, 0.1) is 33.5 Å². The van der Waals surface area contributed by atoms with Crippen molar-refractivity contribution in [1.82, 2.24) is 0 Å². The maximum absolute atomic E-state index is 12.4. The lowest BCUT2D eigenvalue weighted by Crippen LogP contribution is -2.21. The summed E-state index contributed by atoms with van der Waals surface area (Å²) < 4.78 is 26.0. The van der Waals surface area contributed by atoms with Crippen molar-refractivity contribution in [2.24, 2.45) is 0 Å². The third kappa shape index (κ3) is 5.69. The van der Waals surface area contributed by atoms with E-state index < -0.39 is 24.5 Å². The van der Waals surface area contributed by atoms with E-state index in [1.54, 1.807) is 19.1 Å². The Morgan fingerprint density at radius 1 is 1.00 bits per heavy atom. The molecule has 0 saturated carbocycles. The predicted octanol–water partition coefficient (Wildman–Crippen LogP) is 3.63. The van der Waals surface area contributed by atoms with Crippen molar-refractivity contribution in [2.45, 2.75) is 26.2 Å². The first-order chi connectivity index (χ1) is 16.4. The van der Waals surface area contributed by atoms with Crippen LogP contribution in [0.2, 0.25) is 0 Å². The largest absolute Gasteiger partial charge is 0.496 e. The van der Waals surface area contributed by atoms with Crippen molar-refractivity contribution in [3.05, 3.63) is 39.8 Å². The molecule has 0 radical (unpaired) electrons. The van der Waals surface area contributed by atoms with Crippen LogP contribution in [0.5, 0.6) is 17.2 Å². The van der Waals surface area contributed by atoms with E-state index in [-0.39, 0.29) is 6.61 Å². The van der Waals surface area contributed by atoms with Crippen molar-refractivity contribution in [2.75, 3.05) is 39.9 Å². The minimum Gasteiger partial charge on any atom is -0.496 e. The molecule has 1 amide bonds. The van der Waals surface area contributed by atoms with Gasteiger partial charge in [0.25, 0.3) is 5.91 Å². The molecule has 1 aromatic heterocycles. The summed E-state index contributed by atoms with van der Waals surface area (Å²) in [6.07, 6.45) is 5.28. The van der Waals surface area contributed by atoms with Crippen LogP contribution >= 0.6 is 11.3 Å². The second-order valence-electron chi connectivity index (χ2n) is 7.22. The van der Waals surface area contributed by atoms with E-state index in [9.17, 15) is 14.4 Å². The number of fused-ring (bicyclic) bond motifs is 1. The van der Waals surface area contributed by atoms with Gasteiger partial charge in [-0.15, -0.1) is 11.3 Å². The van der Waals surface area contributed by atoms with E-state index in [2.05, 4.69) is 5.32 Å². The van der Waals surface area contributed by atoms with Crippen molar-refractivity contribution in [1.29, 1.82) is 0 Å². The van der Waals surface area contributed by atoms with Crippen LogP contribution in [-0.4, -0.2) is 52.4 Å². The Hall–Kier alpha value is -3.53. The maximum atomic E-state index is 12.4. The van der Waals surface area contributed by atoms with Crippen LogP contribution in [-0.2, 0) is 31.9 Å². The zero-order valence-corrected chi connectivity index (χ0v) is 20.3. The molecule has 34 heavy (non-hydrogen) atoms. The normalized spacial score (nSPS) is 12.2. The minimum absolute atomic E-state index is 0.242. The third-order valence-corrected chi connectivity index (χ3v) is 6.34. The zero-order valence-electron chi connectivity index (χ0n) is 19.5. The SMILES string of the molecule is CCOC(=O)c1c(NC(=O)COC(=O)C=Cc2cc(OC)c(OC)cc2OC)sc2c1CCC2. The van der Waals surface area contributed by atoms with Crippen LogP contribution in [0, 0.1) is 0 Å². The molecule has 0 spiro atoms. The van der Waals surface area contributed by atoms with E-state index in [1.807, 2.05) is 0 Å². The molecule has 0 bridgehead atoms. The number of anilines is 1. The summed E-state index contributed by atoms with van der Waals surface area (Å²) in [4.78, 5) is 38.0. The van der Waals surface area contributed by atoms with Gasteiger partial charge in [-0.2, -0.15) is 0 Å². The number of esters is 2. The van der Waals surface area contributed by atoms with E-state index in [0.717, 1.165) is 29.7 Å². The summed E-state index contributed by atoms with van der Waals surface area (Å²) in [5.74, 6) is -0.298. The number of carbonyl (C=O) groups excluding carboxylic acids is 3. The standard InChI is InChI=1S/C24H27NO8S/c1-5-32-24(28)22-15-7-6-8-19(15)34-23(22)25-20(26)13-33-21(27)10-9-14-11-17(30-3)18(31-4)12-16(14)29-2/h9-12H,5-8,13H2,1-4H3,(H,25,26). The Balaban J connectivity index is 1.63. The first-order valence-corrected chi connectivity index (χ1v) is 11.5. The average Bonchev–Trinajstić information content (AvgIpc) is 3.41. The third-order valence-electron chi connectivity index (χ3n) is 5.13. The summed E-state index contributed by atoms with van der Waals surface area (Å²) in [6.45, 7) is 1.47. The molecule has 1 aromatic carbocycles. The molecule has 9 nitrogen and oxygen atoms in total. The smallest absolute Gasteiger partial charge is 0.341 e. The van der Waals surface area contributed by atoms with Crippen molar-refractivity contribution < 1.29 is 38.1 Å². The number of carbonyl (C=O) groups is 3. The molecular formula is C24H27NO8S. The molecule has 0 saturated heterocycles. The predicted molar refractivity (Wildman–Crippen MR) is 127 cm³/mol. The Morgan fingerprint density at radius 3 is 2.38 bits per heavy atom. The number of aryl methyl sites for hydroxylation is 1. The van der Waals surface area contributed by atoms with Gasteiger partial charge in [0.1, 0.15) is 10.8 Å². The van der Waals surface area contributed by atoms with Crippen molar-refractivity contribution >= 4 is 40.3 Å². The maximum Gasteiger partial charge on any atom is 0.341 e. The minimum atomic E-state index is -0.716. The van der Waals surface area contributed by atoms with Gasteiger partial charge in [0, 0.05) is 22.6 Å². The second-order valence-corrected chi connectivity index (χ2v) is 8.33. The average molecular weight is 490 g/mol. The molecule has 0 fully saturated rings. The Labute approximate surface area is 201 Å². The summed E-state index contributed by atoms with van der Waals surface area (Å²) in [6, 6.07) is 3.29. The molecule has 1 N–H and O–H groups in total. The lowest BCUT2D eigenvalue weighted by molar-refractivity contribution is -0.142. The highest BCUT2D eigenvalue weighted by Crippen LogP contribution is 2.39. The van der Waals surface area contributed by atoms with Crippen LogP contribution in [0.3, 0.4) is 0 Å². The van der Waals surface area contributed by atoms with Gasteiger partial charge in [-0.25, -0.2) is 9.59 Å². The van der Waals surface area contributed by atoms with Gasteiger partial charge in [0.2, 0.25) is 0 Å². The first kappa shape index (κ1) is 25.1. The van der Waals surface area contributed by atoms with Crippen LogP contribution in [0.25, 0.3) is 6.08 Å². The first-order valence-electron chi connectivity index (χ1n) is 10.7. The lowest BCUT2D eigenvalue weighted by Gasteiger charge is -2.12. The summed E-state index contributed by atoms with van der Waals surface area (Å²) in [5, 5.41) is 3.11. The van der Waals surface area contributed by atoms with Crippen LogP contribution < -0.4 is 19.5 Å².